The van der Waals surface area contributed by atoms with Gasteiger partial charge in [0.05, 0.1) is 28.1 Å². The first kappa shape index (κ1) is 22.5. The van der Waals surface area contributed by atoms with Crippen LogP contribution in [0.2, 0.25) is 0 Å². The van der Waals surface area contributed by atoms with Crippen LogP contribution in [0.5, 0.6) is 5.75 Å². The monoisotopic (exact) mass is 475 g/mol. The van der Waals surface area contributed by atoms with E-state index in [-0.39, 0.29) is 22.2 Å². The van der Waals surface area contributed by atoms with Crippen LogP contribution in [-0.4, -0.2) is 43.4 Å². The number of rotatable bonds is 6. The number of methoxy groups -OCH3 is 1. The van der Waals surface area contributed by atoms with Gasteiger partial charge in [-0.15, -0.1) is 0 Å². The van der Waals surface area contributed by atoms with Crippen LogP contribution in [0.4, 0.5) is 5.69 Å². The van der Waals surface area contributed by atoms with Crippen molar-refractivity contribution in [2.45, 2.75) is 31.2 Å². The van der Waals surface area contributed by atoms with E-state index in [1.54, 1.807) is 28.8 Å². The van der Waals surface area contributed by atoms with E-state index in [2.05, 4.69) is 5.32 Å². The zero-order chi connectivity index (χ0) is 22.9. The SMILES string of the molecule is CCn1c(=O)sc2cc(NC(=O)[C@H]3CCCN(S(=O)(=O)c4ccc(OC)cc4)C3)ccc21. The average Bonchev–Trinajstić information content (AvgIpc) is 3.13. The first-order valence-corrected chi connectivity index (χ1v) is 12.7. The highest BCUT2D eigenvalue weighted by Gasteiger charge is 2.33. The topological polar surface area (TPSA) is 97.7 Å². The number of hydrogen-bond acceptors (Lipinski definition) is 6. The molecule has 1 aliphatic heterocycles. The van der Waals surface area contributed by atoms with Gasteiger partial charge < -0.3 is 10.1 Å². The molecule has 10 heteroatoms. The molecule has 3 aromatic rings. The summed E-state index contributed by atoms with van der Waals surface area (Å²) in [5.74, 6) is -0.0937. The fraction of sp³-hybridized carbons (Fsp3) is 0.364. The van der Waals surface area contributed by atoms with Crippen molar-refractivity contribution in [3.63, 3.8) is 0 Å². The molecule has 1 N–H and O–H groups in total. The third-order valence-corrected chi connectivity index (χ3v) is 8.53. The van der Waals surface area contributed by atoms with Gasteiger partial charge in [-0.25, -0.2) is 8.42 Å². The number of fused-ring (bicyclic) bond motifs is 1. The van der Waals surface area contributed by atoms with Gasteiger partial charge in [-0.05, 0) is 62.2 Å². The van der Waals surface area contributed by atoms with Crippen LogP contribution in [0.3, 0.4) is 0 Å². The Morgan fingerprint density at radius 2 is 1.97 bits per heavy atom. The van der Waals surface area contributed by atoms with Gasteiger partial charge in [0, 0.05) is 25.3 Å². The first-order chi connectivity index (χ1) is 15.3. The van der Waals surface area contributed by atoms with Crippen LogP contribution in [0.1, 0.15) is 19.8 Å². The summed E-state index contributed by atoms with van der Waals surface area (Å²) in [6.45, 7) is 3.01. The van der Waals surface area contributed by atoms with Gasteiger partial charge >= 0.3 is 4.87 Å². The second kappa shape index (κ2) is 9.05. The Hall–Kier alpha value is -2.69. The summed E-state index contributed by atoms with van der Waals surface area (Å²) in [5, 5.41) is 2.90. The molecule has 1 aromatic heterocycles. The highest BCUT2D eigenvalue weighted by molar-refractivity contribution is 7.89. The molecule has 1 atom stereocenters. The molecular formula is C22H25N3O5S2. The molecule has 0 radical (unpaired) electrons. The molecular weight excluding hydrogens is 450 g/mol. The highest BCUT2D eigenvalue weighted by Crippen LogP contribution is 2.27. The lowest BCUT2D eigenvalue weighted by atomic mass is 9.98. The Labute approximate surface area is 190 Å². The van der Waals surface area contributed by atoms with Crippen molar-refractivity contribution in [3.8, 4) is 5.75 Å². The molecule has 0 unspecified atom stereocenters. The minimum absolute atomic E-state index is 0.0300. The van der Waals surface area contributed by atoms with Gasteiger partial charge in [-0.1, -0.05) is 11.3 Å². The Balaban J connectivity index is 1.48. The third-order valence-electron chi connectivity index (χ3n) is 5.70. The van der Waals surface area contributed by atoms with Gasteiger partial charge in [-0.3, -0.25) is 14.2 Å². The lowest BCUT2D eigenvalue weighted by Crippen LogP contribution is -2.43. The largest absolute Gasteiger partial charge is 0.497 e. The number of hydrogen-bond donors (Lipinski definition) is 1. The molecule has 4 rings (SSSR count). The molecule has 2 heterocycles. The Bertz CT molecular complexity index is 1300. The standard InChI is InChI=1S/C22H25N3O5S2/c1-3-25-19-11-6-16(13-20(19)31-22(25)27)23-21(26)15-5-4-12-24(14-15)32(28,29)18-9-7-17(30-2)8-10-18/h6-11,13,15H,3-5,12,14H2,1-2H3,(H,23,26)/t15-/m0/s1. The first-order valence-electron chi connectivity index (χ1n) is 10.4. The summed E-state index contributed by atoms with van der Waals surface area (Å²) < 4.78 is 35.1. The maximum absolute atomic E-state index is 13.0. The van der Waals surface area contributed by atoms with Crippen molar-refractivity contribution < 1.29 is 17.9 Å². The molecule has 0 saturated carbocycles. The number of carbonyl (C=O) groups is 1. The number of carbonyl (C=O) groups excluding carboxylic acids is 1. The summed E-state index contributed by atoms with van der Waals surface area (Å²) >= 11 is 1.14. The zero-order valence-electron chi connectivity index (χ0n) is 17.9. The fourth-order valence-electron chi connectivity index (χ4n) is 3.96. The van der Waals surface area contributed by atoms with Crippen molar-refractivity contribution in [2.24, 2.45) is 5.92 Å². The number of ether oxygens (including phenoxy) is 1. The van der Waals surface area contributed by atoms with E-state index in [1.807, 2.05) is 13.0 Å². The van der Waals surface area contributed by atoms with Crippen molar-refractivity contribution in [3.05, 3.63) is 52.1 Å². The number of sulfonamides is 1. The lowest BCUT2D eigenvalue weighted by molar-refractivity contribution is -0.120. The van der Waals surface area contributed by atoms with Gasteiger partial charge in [0.15, 0.2) is 0 Å². The van der Waals surface area contributed by atoms with Crippen LogP contribution >= 0.6 is 11.3 Å². The number of amides is 1. The van der Waals surface area contributed by atoms with E-state index in [4.69, 9.17) is 4.74 Å². The molecule has 170 valence electrons. The molecule has 1 fully saturated rings. The molecule has 8 nitrogen and oxygen atoms in total. The van der Waals surface area contributed by atoms with Crippen LogP contribution in [0.15, 0.2) is 52.2 Å². The third kappa shape index (κ3) is 4.30. The predicted molar refractivity (Wildman–Crippen MR) is 125 cm³/mol. The number of nitrogens with one attached hydrogen (secondary N) is 1. The minimum Gasteiger partial charge on any atom is -0.497 e. The van der Waals surface area contributed by atoms with Crippen LogP contribution < -0.4 is 14.9 Å². The normalized spacial score (nSPS) is 17.4. The summed E-state index contributed by atoms with van der Waals surface area (Å²) in [6.07, 6.45) is 1.22. The summed E-state index contributed by atoms with van der Waals surface area (Å²) in [6, 6.07) is 11.6. The predicted octanol–water partition coefficient (Wildman–Crippen LogP) is 3.13. The second-order valence-electron chi connectivity index (χ2n) is 7.66. The molecule has 0 bridgehead atoms. The van der Waals surface area contributed by atoms with Crippen LogP contribution in [0, 0.1) is 5.92 Å². The summed E-state index contributed by atoms with van der Waals surface area (Å²) in [7, 11) is -2.18. The Kier molecular flexibility index (Phi) is 6.36. The lowest BCUT2D eigenvalue weighted by Gasteiger charge is -2.31. The van der Waals surface area contributed by atoms with Gasteiger partial charge in [-0.2, -0.15) is 4.31 Å². The van der Waals surface area contributed by atoms with Crippen molar-refractivity contribution in [2.75, 3.05) is 25.5 Å². The summed E-state index contributed by atoms with van der Waals surface area (Å²) in [5.41, 5.74) is 1.44. The van der Waals surface area contributed by atoms with Crippen LogP contribution in [-0.2, 0) is 21.4 Å². The van der Waals surface area contributed by atoms with E-state index in [9.17, 15) is 18.0 Å². The molecule has 1 aliphatic rings. The molecule has 32 heavy (non-hydrogen) atoms. The number of aryl methyl sites for hydroxylation is 1. The zero-order valence-corrected chi connectivity index (χ0v) is 19.5. The number of aromatic nitrogens is 1. The maximum atomic E-state index is 13.0. The minimum atomic E-state index is -3.70. The van der Waals surface area contributed by atoms with E-state index in [0.717, 1.165) is 21.6 Å². The molecule has 1 amide bonds. The molecule has 1 saturated heterocycles. The van der Waals surface area contributed by atoms with Gasteiger partial charge in [0.1, 0.15) is 5.75 Å². The summed E-state index contributed by atoms with van der Waals surface area (Å²) in [4.78, 5) is 25.1. The average molecular weight is 476 g/mol. The number of benzene rings is 2. The number of anilines is 1. The van der Waals surface area contributed by atoms with E-state index in [1.165, 1.54) is 23.5 Å². The van der Waals surface area contributed by atoms with Crippen LogP contribution in [0.25, 0.3) is 10.2 Å². The number of nitrogens with zero attached hydrogens (tertiary/aromatic N) is 2. The highest BCUT2D eigenvalue weighted by atomic mass is 32.2. The van der Waals surface area contributed by atoms with E-state index in [0.29, 0.717) is 37.4 Å². The molecule has 0 aliphatic carbocycles. The van der Waals surface area contributed by atoms with Crippen molar-refractivity contribution in [1.29, 1.82) is 0 Å². The fourth-order valence-corrected chi connectivity index (χ4v) is 6.48. The quantitative estimate of drug-likeness (QED) is 0.591. The Morgan fingerprint density at radius 1 is 1.22 bits per heavy atom. The van der Waals surface area contributed by atoms with Gasteiger partial charge in [0.2, 0.25) is 15.9 Å². The number of piperidine rings is 1. The van der Waals surface area contributed by atoms with E-state index >= 15 is 0 Å². The smallest absolute Gasteiger partial charge is 0.308 e. The van der Waals surface area contributed by atoms with Gasteiger partial charge in [0.25, 0.3) is 0 Å². The second-order valence-corrected chi connectivity index (χ2v) is 10.6. The Morgan fingerprint density at radius 3 is 2.66 bits per heavy atom. The molecule has 2 aromatic carbocycles. The van der Waals surface area contributed by atoms with Crippen molar-refractivity contribution >= 4 is 43.2 Å². The number of thiazole rings is 1. The molecule has 0 spiro atoms. The van der Waals surface area contributed by atoms with E-state index < -0.39 is 15.9 Å². The van der Waals surface area contributed by atoms with Crippen molar-refractivity contribution in [1.82, 2.24) is 8.87 Å². The maximum Gasteiger partial charge on any atom is 0.308 e.